The average molecular weight is 285 g/mol. The Kier molecular flexibility index (Phi) is 4.61. The third kappa shape index (κ3) is 3.16. The molecule has 1 atom stereocenters. The zero-order valence-corrected chi connectivity index (χ0v) is 11.8. The van der Waals surface area contributed by atoms with Crippen LogP contribution in [0.25, 0.3) is 0 Å². The Labute approximate surface area is 117 Å². The van der Waals surface area contributed by atoms with Crippen LogP contribution in [0.5, 0.6) is 0 Å². The molecule has 0 spiro atoms. The molecule has 1 unspecified atom stereocenters. The number of nitrogens with zero attached hydrogens (tertiary/aromatic N) is 2. The van der Waals surface area contributed by atoms with Gasteiger partial charge in [-0.2, -0.15) is 0 Å². The Balaban J connectivity index is 2.32. The molecule has 0 radical (unpaired) electrons. The van der Waals surface area contributed by atoms with E-state index in [-0.39, 0.29) is 11.7 Å². The van der Waals surface area contributed by atoms with Crippen LogP contribution in [0.3, 0.4) is 0 Å². The molecule has 0 aromatic carbocycles. The second kappa shape index (κ2) is 6.21. The maximum atomic E-state index is 11.6. The van der Waals surface area contributed by atoms with E-state index in [9.17, 15) is 4.79 Å². The lowest BCUT2D eigenvalue weighted by Crippen LogP contribution is -2.45. The highest BCUT2D eigenvalue weighted by Gasteiger charge is 2.24. The van der Waals surface area contributed by atoms with Crippen molar-refractivity contribution >= 4 is 23.4 Å². The van der Waals surface area contributed by atoms with Crippen LogP contribution in [0.2, 0.25) is 5.02 Å². The quantitative estimate of drug-likeness (QED) is 0.796. The second-order valence-corrected chi connectivity index (χ2v) is 4.79. The van der Waals surface area contributed by atoms with Crippen LogP contribution >= 0.6 is 11.6 Å². The Morgan fingerprint density at radius 2 is 2.42 bits per heavy atom. The standard InChI is InChI=1S/C13H17ClN2O3/c1-3-10-8-19-5-4-16(10)12-7-9(14)6-11(15-12)13(17)18-2/h6-7,10H,3-5,8H2,1-2H3. The highest BCUT2D eigenvalue weighted by molar-refractivity contribution is 6.31. The van der Waals surface area contributed by atoms with Crippen molar-refractivity contribution in [1.82, 2.24) is 4.98 Å². The number of carbonyl (C=O) groups excluding carboxylic acids is 1. The first-order valence-corrected chi connectivity index (χ1v) is 6.63. The third-order valence-electron chi connectivity index (χ3n) is 3.16. The fraction of sp³-hybridized carbons (Fsp3) is 0.538. The fourth-order valence-electron chi connectivity index (χ4n) is 2.13. The maximum Gasteiger partial charge on any atom is 0.356 e. The van der Waals surface area contributed by atoms with Gasteiger partial charge in [-0.25, -0.2) is 9.78 Å². The highest BCUT2D eigenvalue weighted by Crippen LogP contribution is 2.23. The lowest BCUT2D eigenvalue weighted by molar-refractivity contribution is 0.0594. The number of aromatic nitrogens is 1. The van der Waals surface area contributed by atoms with Gasteiger partial charge < -0.3 is 14.4 Å². The van der Waals surface area contributed by atoms with Crippen molar-refractivity contribution in [2.24, 2.45) is 0 Å². The normalized spacial score (nSPS) is 19.3. The van der Waals surface area contributed by atoms with Crippen molar-refractivity contribution < 1.29 is 14.3 Å². The van der Waals surface area contributed by atoms with Gasteiger partial charge in [-0.05, 0) is 18.6 Å². The predicted molar refractivity (Wildman–Crippen MR) is 72.8 cm³/mol. The first kappa shape index (κ1) is 14.1. The number of morpholine rings is 1. The number of rotatable bonds is 3. The highest BCUT2D eigenvalue weighted by atomic mass is 35.5. The van der Waals surface area contributed by atoms with Crippen molar-refractivity contribution in [2.45, 2.75) is 19.4 Å². The summed E-state index contributed by atoms with van der Waals surface area (Å²) in [5.74, 6) is 0.216. The minimum atomic E-state index is -0.481. The van der Waals surface area contributed by atoms with Crippen molar-refractivity contribution in [1.29, 1.82) is 0 Å². The molecule has 19 heavy (non-hydrogen) atoms. The van der Waals surface area contributed by atoms with E-state index in [4.69, 9.17) is 16.3 Å². The third-order valence-corrected chi connectivity index (χ3v) is 3.38. The molecular weight excluding hydrogens is 268 g/mol. The summed E-state index contributed by atoms with van der Waals surface area (Å²) in [6, 6.07) is 3.53. The van der Waals surface area contributed by atoms with Gasteiger partial charge in [0.2, 0.25) is 0 Å². The largest absolute Gasteiger partial charge is 0.464 e. The van der Waals surface area contributed by atoms with Gasteiger partial charge in [0.15, 0.2) is 5.69 Å². The van der Waals surface area contributed by atoms with Crippen LogP contribution in [0.1, 0.15) is 23.8 Å². The molecule has 0 saturated carbocycles. The van der Waals surface area contributed by atoms with Gasteiger partial charge in [-0.15, -0.1) is 0 Å². The zero-order valence-electron chi connectivity index (χ0n) is 11.1. The maximum absolute atomic E-state index is 11.6. The molecule has 0 aliphatic carbocycles. The summed E-state index contributed by atoms with van der Waals surface area (Å²) in [4.78, 5) is 18.0. The molecular formula is C13H17ClN2O3. The summed E-state index contributed by atoms with van der Waals surface area (Å²) >= 11 is 6.06. The molecule has 2 heterocycles. The van der Waals surface area contributed by atoms with E-state index in [1.807, 2.05) is 0 Å². The molecule has 1 aliphatic heterocycles. The lowest BCUT2D eigenvalue weighted by atomic mass is 10.1. The van der Waals surface area contributed by atoms with E-state index >= 15 is 0 Å². The minimum Gasteiger partial charge on any atom is -0.464 e. The van der Waals surface area contributed by atoms with Gasteiger partial charge >= 0.3 is 5.97 Å². The number of carbonyl (C=O) groups is 1. The number of esters is 1. The number of ether oxygens (including phenoxy) is 2. The topological polar surface area (TPSA) is 51.7 Å². The van der Waals surface area contributed by atoms with Gasteiger partial charge in [0.05, 0.1) is 26.4 Å². The monoisotopic (exact) mass is 284 g/mol. The smallest absolute Gasteiger partial charge is 0.356 e. The number of hydrogen-bond acceptors (Lipinski definition) is 5. The minimum absolute atomic E-state index is 0.228. The van der Waals surface area contributed by atoms with Gasteiger partial charge in [0, 0.05) is 11.6 Å². The van der Waals surface area contributed by atoms with E-state index in [0.717, 1.165) is 13.0 Å². The second-order valence-electron chi connectivity index (χ2n) is 4.35. The summed E-state index contributed by atoms with van der Waals surface area (Å²) in [5.41, 5.74) is 0.228. The molecule has 1 aliphatic rings. The Morgan fingerprint density at radius 1 is 1.63 bits per heavy atom. The summed E-state index contributed by atoms with van der Waals surface area (Å²) in [5, 5.41) is 0.478. The van der Waals surface area contributed by atoms with Gasteiger partial charge in [0.25, 0.3) is 0 Å². The number of methoxy groups -OCH3 is 1. The van der Waals surface area contributed by atoms with Crippen LogP contribution in [0, 0.1) is 0 Å². The van der Waals surface area contributed by atoms with Gasteiger partial charge in [-0.3, -0.25) is 0 Å². The summed E-state index contributed by atoms with van der Waals surface area (Å²) < 4.78 is 10.1. The summed E-state index contributed by atoms with van der Waals surface area (Å²) in [7, 11) is 1.33. The van der Waals surface area contributed by atoms with Crippen LogP contribution < -0.4 is 4.90 Å². The molecule has 1 aromatic heterocycles. The SMILES string of the molecule is CCC1COCCN1c1cc(Cl)cc(C(=O)OC)n1. The van der Waals surface area contributed by atoms with Crippen molar-refractivity contribution in [3.05, 3.63) is 22.8 Å². The molecule has 1 fully saturated rings. The van der Waals surface area contributed by atoms with Crippen LogP contribution in [0.4, 0.5) is 5.82 Å². The van der Waals surface area contributed by atoms with Gasteiger partial charge in [-0.1, -0.05) is 18.5 Å². The van der Waals surface area contributed by atoms with E-state index in [1.165, 1.54) is 13.2 Å². The average Bonchev–Trinajstić information content (AvgIpc) is 2.45. The predicted octanol–water partition coefficient (Wildman–Crippen LogP) is 2.14. The molecule has 0 N–H and O–H groups in total. The van der Waals surface area contributed by atoms with Crippen molar-refractivity contribution in [3.63, 3.8) is 0 Å². The summed E-state index contributed by atoms with van der Waals surface area (Å²) in [6.07, 6.45) is 0.946. The molecule has 1 saturated heterocycles. The molecule has 104 valence electrons. The van der Waals surface area contributed by atoms with Crippen LogP contribution in [-0.2, 0) is 9.47 Å². The zero-order chi connectivity index (χ0) is 13.8. The van der Waals surface area contributed by atoms with E-state index in [1.54, 1.807) is 6.07 Å². The van der Waals surface area contributed by atoms with Crippen molar-refractivity contribution in [2.75, 3.05) is 31.8 Å². The number of pyridine rings is 1. The van der Waals surface area contributed by atoms with Crippen LogP contribution in [0.15, 0.2) is 12.1 Å². The van der Waals surface area contributed by atoms with E-state index in [2.05, 4.69) is 21.5 Å². The molecule has 0 amide bonds. The number of halogens is 1. The molecule has 5 nitrogen and oxygen atoms in total. The fourth-order valence-corrected chi connectivity index (χ4v) is 2.34. The molecule has 6 heteroatoms. The van der Waals surface area contributed by atoms with E-state index in [0.29, 0.717) is 24.1 Å². The molecule has 0 bridgehead atoms. The lowest BCUT2D eigenvalue weighted by Gasteiger charge is -2.36. The van der Waals surface area contributed by atoms with Gasteiger partial charge in [0.1, 0.15) is 5.82 Å². The first-order valence-electron chi connectivity index (χ1n) is 6.26. The Hall–Kier alpha value is -1.33. The molecule has 1 aromatic rings. The molecule has 2 rings (SSSR count). The van der Waals surface area contributed by atoms with E-state index < -0.39 is 5.97 Å². The first-order chi connectivity index (χ1) is 9.15. The van der Waals surface area contributed by atoms with Crippen molar-refractivity contribution in [3.8, 4) is 0 Å². The Bertz CT molecular complexity index is 467. The van der Waals surface area contributed by atoms with Crippen LogP contribution in [-0.4, -0.2) is 43.9 Å². The Morgan fingerprint density at radius 3 is 3.11 bits per heavy atom. The number of anilines is 1. The number of hydrogen-bond donors (Lipinski definition) is 0. The summed E-state index contributed by atoms with van der Waals surface area (Å²) in [6.45, 7) is 4.15.